The number of hydrogen-bond acceptors (Lipinski definition) is 2. The number of rotatable bonds is 2. The van der Waals surface area contributed by atoms with Crippen LogP contribution in [0.4, 0.5) is 0 Å². The van der Waals surface area contributed by atoms with Crippen molar-refractivity contribution in [2.45, 2.75) is 32.1 Å². The molecule has 2 heteroatoms. The van der Waals surface area contributed by atoms with Crippen LogP contribution in [-0.4, -0.2) is 18.1 Å². The predicted octanol–water partition coefficient (Wildman–Crippen LogP) is 2.50. The first kappa shape index (κ1) is 9.85. The molecule has 0 aromatic heterocycles. The van der Waals surface area contributed by atoms with Crippen LogP contribution in [0, 0.1) is 17.8 Å². The standard InChI is InChI=1S/C11H21NS/c12-6-10-7-13-8-11(10)9-4-2-1-3-5-9/h9-11H,1-8,12H2. The topological polar surface area (TPSA) is 26.0 Å². The van der Waals surface area contributed by atoms with Crippen molar-refractivity contribution in [2.75, 3.05) is 18.1 Å². The molecule has 2 rings (SSSR count). The minimum absolute atomic E-state index is 0.841. The zero-order valence-electron chi connectivity index (χ0n) is 8.37. The Balaban J connectivity index is 1.90. The van der Waals surface area contributed by atoms with E-state index in [0.717, 1.165) is 24.3 Å². The van der Waals surface area contributed by atoms with Gasteiger partial charge in [-0.25, -0.2) is 0 Å². The highest BCUT2D eigenvalue weighted by Gasteiger charge is 2.33. The van der Waals surface area contributed by atoms with Crippen LogP contribution in [-0.2, 0) is 0 Å². The van der Waals surface area contributed by atoms with Gasteiger partial charge in [-0.05, 0) is 35.8 Å². The minimum atomic E-state index is 0.841. The van der Waals surface area contributed by atoms with Gasteiger partial charge in [-0.2, -0.15) is 11.8 Å². The molecule has 13 heavy (non-hydrogen) atoms. The number of nitrogens with two attached hydrogens (primary N) is 1. The second-order valence-corrected chi connectivity index (χ2v) is 5.67. The zero-order chi connectivity index (χ0) is 9.10. The Hall–Kier alpha value is 0.310. The van der Waals surface area contributed by atoms with Gasteiger partial charge in [0.2, 0.25) is 0 Å². The van der Waals surface area contributed by atoms with Gasteiger partial charge in [0.25, 0.3) is 0 Å². The fourth-order valence-corrected chi connectivity index (χ4v) is 4.58. The Kier molecular flexibility index (Phi) is 3.56. The summed E-state index contributed by atoms with van der Waals surface area (Å²) in [6.45, 7) is 0.925. The van der Waals surface area contributed by atoms with E-state index < -0.39 is 0 Å². The first-order chi connectivity index (χ1) is 6.42. The lowest BCUT2D eigenvalue weighted by Crippen LogP contribution is -2.29. The van der Waals surface area contributed by atoms with Crippen LogP contribution < -0.4 is 5.73 Å². The average Bonchev–Trinajstić information content (AvgIpc) is 2.67. The maximum Gasteiger partial charge on any atom is -0.00239 e. The summed E-state index contributed by atoms with van der Waals surface area (Å²) in [6, 6.07) is 0. The van der Waals surface area contributed by atoms with Crippen molar-refractivity contribution in [3.05, 3.63) is 0 Å². The van der Waals surface area contributed by atoms with E-state index in [-0.39, 0.29) is 0 Å². The van der Waals surface area contributed by atoms with Crippen LogP contribution in [0.15, 0.2) is 0 Å². The van der Waals surface area contributed by atoms with Gasteiger partial charge in [0.15, 0.2) is 0 Å². The molecule has 0 aromatic rings. The van der Waals surface area contributed by atoms with Gasteiger partial charge in [0.05, 0.1) is 0 Å². The van der Waals surface area contributed by atoms with Crippen LogP contribution in [0.3, 0.4) is 0 Å². The highest BCUT2D eigenvalue weighted by Crippen LogP contribution is 2.40. The van der Waals surface area contributed by atoms with E-state index in [2.05, 4.69) is 11.8 Å². The third-order valence-electron chi connectivity index (χ3n) is 3.81. The van der Waals surface area contributed by atoms with Gasteiger partial charge >= 0.3 is 0 Å². The van der Waals surface area contributed by atoms with E-state index in [1.54, 1.807) is 0 Å². The molecule has 1 aliphatic carbocycles. The summed E-state index contributed by atoms with van der Waals surface area (Å²) in [5.41, 5.74) is 5.82. The zero-order valence-corrected chi connectivity index (χ0v) is 9.19. The second-order valence-electron chi connectivity index (χ2n) is 4.60. The summed E-state index contributed by atoms with van der Waals surface area (Å²) >= 11 is 2.13. The molecular weight excluding hydrogens is 178 g/mol. The van der Waals surface area contributed by atoms with E-state index in [4.69, 9.17) is 5.73 Å². The summed E-state index contributed by atoms with van der Waals surface area (Å²) in [5, 5.41) is 0. The van der Waals surface area contributed by atoms with Crippen molar-refractivity contribution in [3.63, 3.8) is 0 Å². The molecule has 0 bridgehead atoms. The van der Waals surface area contributed by atoms with Crippen molar-refractivity contribution in [3.8, 4) is 0 Å². The second kappa shape index (κ2) is 4.70. The summed E-state index contributed by atoms with van der Waals surface area (Å²) < 4.78 is 0. The molecule has 1 saturated carbocycles. The summed E-state index contributed by atoms with van der Waals surface area (Å²) in [6.07, 6.45) is 7.40. The smallest absolute Gasteiger partial charge is 0.00239 e. The molecule has 0 amide bonds. The van der Waals surface area contributed by atoms with Crippen LogP contribution in [0.2, 0.25) is 0 Å². The van der Waals surface area contributed by atoms with Gasteiger partial charge in [-0.3, -0.25) is 0 Å². The summed E-state index contributed by atoms with van der Waals surface area (Å²) in [5.74, 6) is 5.56. The molecule has 2 aliphatic rings. The molecule has 2 atom stereocenters. The molecule has 2 fully saturated rings. The molecule has 0 spiro atoms. The lowest BCUT2D eigenvalue weighted by atomic mass is 9.76. The molecule has 1 nitrogen and oxygen atoms in total. The number of thioether (sulfide) groups is 1. The van der Waals surface area contributed by atoms with E-state index >= 15 is 0 Å². The lowest BCUT2D eigenvalue weighted by molar-refractivity contribution is 0.222. The largest absolute Gasteiger partial charge is 0.330 e. The molecule has 1 saturated heterocycles. The Bertz CT molecular complexity index is 154. The normalized spacial score (nSPS) is 36.7. The van der Waals surface area contributed by atoms with Crippen LogP contribution in [0.5, 0.6) is 0 Å². The highest BCUT2D eigenvalue weighted by atomic mass is 32.2. The van der Waals surface area contributed by atoms with Crippen molar-refractivity contribution in [1.29, 1.82) is 0 Å². The van der Waals surface area contributed by atoms with Crippen molar-refractivity contribution in [2.24, 2.45) is 23.5 Å². The summed E-state index contributed by atoms with van der Waals surface area (Å²) in [4.78, 5) is 0. The fourth-order valence-electron chi connectivity index (χ4n) is 2.94. The van der Waals surface area contributed by atoms with Gasteiger partial charge in [0, 0.05) is 0 Å². The third-order valence-corrected chi connectivity index (χ3v) is 5.09. The summed E-state index contributed by atoms with van der Waals surface area (Å²) in [7, 11) is 0. The predicted molar refractivity (Wildman–Crippen MR) is 59.9 cm³/mol. The fraction of sp³-hybridized carbons (Fsp3) is 1.00. The third kappa shape index (κ3) is 2.21. The molecular formula is C11H21NS. The van der Waals surface area contributed by atoms with E-state index in [1.165, 1.54) is 43.6 Å². The van der Waals surface area contributed by atoms with E-state index in [9.17, 15) is 0 Å². The average molecular weight is 199 g/mol. The Morgan fingerprint density at radius 1 is 1.08 bits per heavy atom. The Labute approximate surface area is 85.8 Å². The maximum absolute atomic E-state index is 5.82. The minimum Gasteiger partial charge on any atom is -0.330 e. The van der Waals surface area contributed by atoms with Crippen LogP contribution >= 0.6 is 11.8 Å². The first-order valence-electron chi connectivity index (χ1n) is 5.69. The van der Waals surface area contributed by atoms with Crippen molar-refractivity contribution < 1.29 is 0 Å². The molecule has 76 valence electrons. The van der Waals surface area contributed by atoms with Crippen molar-refractivity contribution >= 4 is 11.8 Å². The molecule has 0 aromatic carbocycles. The number of hydrogen-bond donors (Lipinski definition) is 1. The van der Waals surface area contributed by atoms with E-state index in [0.29, 0.717) is 0 Å². The molecule has 1 heterocycles. The monoisotopic (exact) mass is 199 g/mol. The molecule has 0 radical (unpaired) electrons. The highest BCUT2D eigenvalue weighted by molar-refractivity contribution is 7.99. The molecule has 1 aliphatic heterocycles. The van der Waals surface area contributed by atoms with Crippen LogP contribution in [0.25, 0.3) is 0 Å². The quantitative estimate of drug-likeness (QED) is 0.739. The van der Waals surface area contributed by atoms with Crippen LogP contribution in [0.1, 0.15) is 32.1 Å². The molecule has 2 N–H and O–H groups in total. The van der Waals surface area contributed by atoms with E-state index in [1.807, 2.05) is 0 Å². The van der Waals surface area contributed by atoms with Gasteiger partial charge < -0.3 is 5.73 Å². The SMILES string of the molecule is NCC1CSCC1C1CCCCC1. The van der Waals surface area contributed by atoms with Crippen molar-refractivity contribution in [1.82, 2.24) is 0 Å². The van der Waals surface area contributed by atoms with Gasteiger partial charge in [0.1, 0.15) is 0 Å². The Morgan fingerprint density at radius 2 is 1.85 bits per heavy atom. The van der Waals surface area contributed by atoms with Gasteiger partial charge in [-0.15, -0.1) is 0 Å². The van der Waals surface area contributed by atoms with Gasteiger partial charge in [-0.1, -0.05) is 32.1 Å². The lowest BCUT2D eigenvalue weighted by Gasteiger charge is -2.30. The Morgan fingerprint density at radius 3 is 2.54 bits per heavy atom. The molecule has 2 unspecified atom stereocenters. The maximum atomic E-state index is 5.82. The first-order valence-corrected chi connectivity index (χ1v) is 6.85.